The summed E-state index contributed by atoms with van der Waals surface area (Å²) in [4.78, 5) is 13.4. The standard InChI is InChI=1S/C10H17NO2/c1-11-6-8-3-2-4-10(5-8,7-11)9(12)13/h8H,2-7H2,1H3,(H,12,13). The second-order valence-electron chi connectivity index (χ2n) is 4.74. The molecule has 1 saturated heterocycles. The van der Waals surface area contributed by atoms with E-state index in [4.69, 9.17) is 0 Å². The van der Waals surface area contributed by atoms with E-state index in [1.165, 1.54) is 6.42 Å². The highest BCUT2D eigenvalue weighted by molar-refractivity contribution is 5.75. The van der Waals surface area contributed by atoms with Crippen molar-refractivity contribution in [3.8, 4) is 0 Å². The first-order chi connectivity index (χ1) is 6.12. The number of carboxylic acid groups (broad SMARTS) is 1. The lowest BCUT2D eigenvalue weighted by Crippen LogP contribution is -2.51. The molecule has 1 saturated carbocycles. The summed E-state index contributed by atoms with van der Waals surface area (Å²) in [6.45, 7) is 1.84. The van der Waals surface area contributed by atoms with E-state index in [1.54, 1.807) is 0 Å². The Bertz CT molecular complexity index is 225. The van der Waals surface area contributed by atoms with E-state index >= 15 is 0 Å². The summed E-state index contributed by atoms with van der Waals surface area (Å²) in [5, 5.41) is 9.23. The molecule has 0 aromatic heterocycles. The zero-order valence-electron chi connectivity index (χ0n) is 8.12. The maximum absolute atomic E-state index is 11.2. The topological polar surface area (TPSA) is 40.5 Å². The van der Waals surface area contributed by atoms with Crippen LogP contribution in [0.5, 0.6) is 0 Å². The number of hydrogen-bond acceptors (Lipinski definition) is 2. The van der Waals surface area contributed by atoms with E-state index in [-0.39, 0.29) is 0 Å². The molecule has 0 amide bonds. The monoisotopic (exact) mass is 183 g/mol. The van der Waals surface area contributed by atoms with Crippen molar-refractivity contribution >= 4 is 5.97 Å². The minimum absolute atomic E-state index is 0.407. The van der Waals surface area contributed by atoms with E-state index in [1.807, 2.05) is 7.05 Å². The summed E-state index contributed by atoms with van der Waals surface area (Å²) < 4.78 is 0. The molecule has 1 aliphatic heterocycles. The Morgan fingerprint density at radius 1 is 1.62 bits per heavy atom. The van der Waals surface area contributed by atoms with Gasteiger partial charge in [0.05, 0.1) is 5.41 Å². The first kappa shape index (κ1) is 9.00. The number of fused-ring (bicyclic) bond motifs is 2. The fourth-order valence-corrected chi connectivity index (χ4v) is 3.07. The average Bonchev–Trinajstić information content (AvgIpc) is 2.02. The van der Waals surface area contributed by atoms with Gasteiger partial charge in [0.15, 0.2) is 0 Å². The van der Waals surface area contributed by atoms with Crippen molar-refractivity contribution in [1.29, 1.82) is 0 Å². The third-order valence-corrected chi connectivity index (χ3v) is 3.54. The van der Waals surface area contributed by atoms with E-state index in [2.05, 4.69) is 4.90 Å². The Kier molecular flexibility index (Phi) is 2.06. The number of nitrogens with zero attached hydrogens (tertiary/aromatic N) is 1. The van der Waals surface area contributed by atoms with Gasteiger partial charge in [0, 0.05) is 13.1 Å². The fraction of sp³-hybridized carbons (Fsp3) is 0.900. The molecule has 13 heavy (non-hydrogen) atoms. The molecule has 2 rings (SSSR count). The van der Waals surface area contributed by atoms with Gasteiger partial charge in [-0.1, -0.05) is 6.42 Å². The van der Waals surface area contributed by atoms with Gasteiger partial charge in [0.2, 0.25) is 0 Å². The number of carboxylic acids is 1. The first-order valence-corrected chi connectivity index (χ1v) is 5.04. The zero-order valence-corrected chi connectivity index (χ0v) is 8.12. The molecular formula is C10H17NO2. The largest absolute Gasteiger partial charge is 0.481 e. The number of piperidine rings is 1. The SMILES string of the molecule is CN1CC2CCCC(C(=O)O)(C2)C1. The third-order valence-electron chi connectivity index (χ3n) is 3.54. The van der Waals surface area contributed by atoms with Crippen LogP contribution < -0.4 is 0 Å². The maximum atomic E-state index is 11.2. The minimum Gasteiger partial charge on any atom is -0.481 e. The molecule has 0 aromatic rings. The summed E-state index contributed by atoms with van der Waals surface area (Å²) >= 11 is 0. The van der Waals surface area contributed by atoms with Gasteiger partial charge in [-0.25, -0.2) is 0 Å². The molecule has 3 nitrogen and oxygen atoms in total. The van der Waals surface area contributed by atoms with Crippen molar-refractivity contribution in [3.63, 3.8) is 0 Å². The molecule has 2 atom stereocenters. The van der Waals surface area contributed by atoms with Crippen LogP contribution in [0.25, 0.3) is 0 Å². The van der Waals surface area contributed by atoms with E-state index in [0.29, 0.717) is 5.92 Å². The van der Waals surface area contributed by atoms with Crippen LogP contribution in [-0.2, 0) is 4.79 Å². The molecule has 0 radical (unpaired) electrons. The Morgan fingerprint density at radius 3 is 3.08 bits per heavy atom. The van der Waals surface area contributed by atoms with Crippen LogP contribution in [0, 0.1) is 11.3 Å². The molecule has 1 N–H and O–H groups in total. The van der Waals surface area contributed by atoms with E-state index in [0.717, 1.165) is 32.4 Å². The van der Waals surface area contributed by atoms with Crippen LogP contribution in [0.15, 0.2) is 0 Å². The van der Waals surface area contributed by atoms with Crippen LogP contribution in [-0.4, -0.2) is 36.1 Å². The summed E-state index contributed by atoms with van der Waals surface area (Å²) in [5.74, 6) is 0.0485. The summed E-state index contributed by atoms with van der Waals surface area (Å²) in [6.07, 6.45) is 4.11. The molecule has 2 bridgehead atoms. The van der Waals surface area contributed by atoms with Crippen molar-refractivity contribution in [2.75, 3.05) is 20.1 Å². The summed E-state index contributed by atoms with van der Waals surface area (Å²) in [7, 11) is 2.04. The van der Waals surface area contributed by atoms with Gasteiger partial charge in [-0.05, 0) is 32.2 Å². The van der Waals surface area contributed by atoms with Crippen molar-refractivity contribution in [3.05, 3.63) is 0 Å². The Hall–Kier alpha value is -0.570. The molecule has 1 heterocycles. The summed E-state index contributed by atoms with van der Waals surface area (Å²) in [5.41, 5.74) is -0.407. The molecule has 3 heteroatoms. The molecule has 0 aromatic carbocycles. The number of rotatable bonds is 1. The van der Waals surface area contributed by atoms with Gasteiger partial charge in [-0.3, -0.25) is 4.79 Å². The number of aliphatic carboxylic acids is 1. The summed E-state index contributed by atoms with van der Waals surface area (Å²) in [6, 6.07) is 0. The smallest absolute Gasteiger partial charge is 0.310 e. The predicted molar refractivity (Wildman–Crippen MR) is 49.5 cm³/mol. The maximum Gasteiger partial charge on any atom is 0.310 e. The lowest BCUT2D eigenvalue weighted by Gasteiger charge is -2.46. The van der Waals surface area contributed by atoms with Crippen molar-refractivity contribution in [2.45, 2.75) is 25.7 Å². The molecular weight excluding hydrogens is 166 g/mol. The molecule has 1 aliphatic carbocycles. The molecule has 2 fully saturated rings. The highest BCUT2D eigenvalue weighted by Crippen LogP contribution is 2.43. The molecule has 2 unspecified atom stereocenters. The van der Waals surface area contributed by atoms with Crippen molar-refractivity contribution < 1.29 is 9.90 Å². The fourth-order valence-electron chi connectivity index (χ4n) is 3.07. The van der Waals surface area contributed by atoms with Gasteiger partial charge in [-0.2, -0.15) is 0 Å². The Balaban J connectivity index is 2.20. The second kappa shape index (κ2) is 2.98. The number of likely N-dealkylation sites (tertiary alicyclic amines) is 1. The normalized spacial score (nSPS) is 40.2. The van der Waals surface area contributed by atoms with Crippen molar-refractivity contribution in [1.82, 2.24) is 4.90 Å². The molecule has 2 aliphatic rings. The van der Waals surface area contributed by atoms with Crippen LogP contribution in [0.1, 0.15) is 25.7 Å². The van der Waals surface area contributed by atoms with E-state index < -0.39 is 11.4 Å². The lowest BCUT2D eigenvalue weighted by molar-refractivity contribution is -0.156. The van der Waals surface area contributed by atoms with Crippen LogP contribution >= 0.6 is 0 Å². The highest BCUT2D eigenvalue weighted by atomic mass is 16.4. The van der Waals surface area contributed by atoms with Crippen LogP contribution in [0.4, 0.5) is 0 Å². The minimum atomic E-state index is -0.580. The third kappa shape index (κ3) is 1.46. The highest BCUT2D eigenvalue weighted by Gasteiger charge is 2.46. The van der Waals surface area contributed by atoms with E-state index in [9.17, 15) is 9.90 Å². The van der Waals surface area contributed by atoms with Gasteiger partial charge in [0.25, 0.3) is 0 Å². The van der Waals surface area contributed by atoms with Gasteiger partial charge >= 0.3 is 5.97 Å². The predicted octanol–water partition coefficient (Wildman–Crippen LogP) is 1.19. The lowest BCUT2D eigenvalue weighted by atomic mass is 9.67. The Labute approximate surface area is 78.7 Å². The first-order valence-electron chi connectivity index (χ1n) is 5.04. The zero-order chi connectivity index (χ0) is 9.47. The van der Waals surface area contributed by atoms with Gasteiger partial charge in [0.1, 0.15) is 0 Å². The number of carbonyl (C=O) groups is 1. The molecule has 74 valence electrons. The van der Waals surface area contributed by atoms with Crippen LogP contribution in [0.3, 0.4) is 0 Å². The molecule has 0 spiro atoms. The van der Waals surface area contributed by atoms with Crippen molar-refractivity contribution in [2.24, 2.45) is 11.3 Å². The second-order valence-corrected chi connectivity index (χ2v) is 4.74. The Morgan fingerprint density at radius 2 is 2.38 bits per heavy atom. The average molecular weight is 183 g/mol. The quantitative estimate of drug-likeness (QED) is 0.664. The van der Waals surface area contributed by atoms with Gasteiger partial charge < -0.3 is 10.0 Å². The van der Waals surface area contributed by atoms with Crippen LogP contribution in [0.2, 0.25) is 0 Å². The number of hydrogen-bond donors (Lipinski definition) is 1. The van der Waals surface area contributed by atoms with Gasteiger partial charge in [-0.15, -0.1) is 0 Å².